The molecule has 0 aliphatic heterocycles. The summed E-state index contributed by atoms with van der Waals surface area (Å²) in [5.74, 6) is 0. The first kappa shape index (κ1) is 20.0. The van der Waals surface area contributed by atoms with Crippen LogP contribution in [0.25, 0.3) is 75.9 Å². The average molecular weight is 480 g/mol. The Balaban J connectivity index is 1.71. The molecule has 168 valence electrons. The summed E-state index contributed by atoms with van der Waals surface area (Å²) in [5.41, 5.74) is 4.03. The van der Waals surface area contributed by atoms with Crippen LogP contribution in [0, 0.1) is 45.3 Å². The van der Waals surface area contributed by atoms with Crippen LogP contribution < -0.4 is 0 Å². The number of nitrogens with zero attached hydrogens (tertiary/aromatic N) is 8. The van der Waals surface area contributed by atoms with Crippen molar-refractivity contribution in [2.45, 2.75) is 0 Å². The summed E-state index contributed by atoms with van der Waals surface area (Å²) in [5, 5.41) is 64.9. The molecule has 0 spiro atoms. The van der Waals surface area contributed by atoms with E-state index in [4.69, 9.17) is 0 Å². The Morgan fingerprint density at radius 2 is 0.605 bits per heavy atom. The van der Waals surface area contributed by atoms with Crippen LogP contribution >= 0.6 is 0 Å². The molecule has 8 heteroatoms. The van der Waals surface area contributed by atoms with E-state index in [9.17, 15) is 21.0 Å². The normalized spacial score (nSPS) is 11.6. The van der Waals surface area contributed by atoms with Gasteiger partial charge in [-0.05, 0) is 24.3 Å². The largest absolute Gasteiger partial charge is 0.192 e. The van der Waals surface area contributed by atoms with Crippen LogP contribution in [0.3, 0.4) is 0 Å². The molecule has 8 aromatic rings. The molecule has 2 heterocycles. The Labute approximate surface area is 212 Å². The SMILES string of the molecule is N#Cc1ccc2c3nnc4c5ccc(C#N)c6c(C#N)ccc(c7nnc(c8ccc(C#N)c1c28)c3c47)c65. The molecule has 0 atom stereocenters. The second-order valence-corrected chi connectivity index (χ2v) is 9.13. The third-order valence-corrected chi connectivity index (χ3v) is 7.52. The van der Waals surface area contributed by atoms with Crippen LogP contribution in [0.5, 0.6) is 0 Å². The van der Waals surface area contributed by atoms with E-state index < -0.39 is 0 Å². The molecule has 0 unspecified atom stereocenters. The van der Waals surface area contributed by atoms with Crippen LogP contribution in [-0.4, -0.2) is 20.4 Å². The highest BCUT2D eigenvalue weighted by Crippen LogP contribution is 2.45. The minimum absolute atomic E-state index is 0.402. The van der Waals surface area contributed by atoms with Crippen molar-refractivity contribution in [2.24, 2.45) is 0 Å². The Kier molecular flexibility index (Phi) is 3.54. The maximum Gasteiger partial charge on any atom is 0.104 e. The molecule has 0 aliphatic carbocycles. The molecule has 8 nitrogen and oxygen atoms in total. The minimum Gasteiger partial charge on any atom is -0.192 e. The summed E-state index contributed by atoms with van der Waals surface area (Å²) >= 11 is 0. The van der Waals surface area contributed by atoms with Gasteiger partial charge >= 0.3 is 0 Å². The summed E-state index contributed by atoms with van der Waals surface area (Å²) < 4.78 is 0. The van der Waals surface area contributed by atoms with Gasteiger partial charge in [-0.25, -0.2) is 0 Å². The van der Waals surface area contributed by atoms with Crippen LogP contribution in [0.1, 0.15) is 22.3 Å². The first-order chi connectivity index (χ1) is 18.7. The second-order valence-electron chi connectivity index (χ2n) is 9.13. The molecule has 0 bridgehead atoms. The van der Waals surface area contributed by atoms with Crippen molar-refractivity contribution in [2.75, 3.05) is 0 Å². The van der Waals surface area contributed by atoms with E-state index in [1.165, 1.54) is 0 Å². The number of fused-ring (bicyclic) bond motifs is 4. The first-order valence-corrected chi connectivity index (χ1v) is 11.6. The number of hydrogen-bond acceptors (Lipinski definition) is 8. The van der Waals surface area contributed by atoms with E-state index in [2.05, 4.69) is 44.7 Å². The number of benzene rings is 6. The van der Waals surface area contributed by atoms with Gasteiger partial charge in [-0.3, -0.25) is 0 Å². The van der Waals surface area contributed by atoms with Gasteiger partial charge in [0.15, 0.2) is 0 Å². The van der Waals surface area contributed by atoms with Crippen LogP contribution in [0.2, 0.25) is 0 Å². The van der Waals surface area contributed by atoms with Crippen LogP contribution in [0.15, 0.2) is 48.5 Å². The molecule has 2 aromatic heterocycles. The van der Waals surface area contributed by atoms with Crippen molar-refractivity contribution in [1.82, 2.24) is 20.4 Å². The molecule has 0 radical (unpaired) electrons. The number of aromatic nitrogens is 4. The zero-order valence-electron chi connectivity index (χ0n) is 19.2. The van der Waals surface area contributed by atoms with E-state index >= 15 is 0 Å². The van der Waals surface area contributed by atoms with Crippen molar-refractivity contribution < 1.29 is 0 Å². The van der Waals surface area contributed by atoms with Gasteiger partial charge in [-0.15, -0.1) is 20.4 Å². The Hall–Kier alpha value is -6.22. The van der Waals surface area contributed by atoms with E-state index in [1.807, 2.05) is 24.3 Å². The van der Waals surface area contributed by atoms with Crippen LogP contribution in [-0.2, 0) is 0 Å². The Bertz CT molecular complexity index is 2210. The van der Waals surface area contributed by atoms with Crippen molar-refractivity contribution in [1.29, 1.82) is 21.0 Å². The van der Waals surface area contributed by atoms with Crippen molar-refractivity contribution in [3.05, 3.63) is 70.8 Å². The quantitative estimate of drug-likeness (QED) is 0.198. The third-order valence-electron chi connectivity index (χ3n) is 7.52. The molecule has 0 saturated carbocycles. The summed E-state index contributed by atoms with van der Waals surface area (Å²) in [4.78, 5) is 0. The molecule has 38 heavy (non-hydrogen) atoms. The monoisotopic (exact) mass is 480 g/mol. The van der Waals surface area contributed by atoms with Gasteiger partial charge in [0.05, 0.1) is 46.5 Å². The standard InChI is InChI=1S/C30H8N8/c31-9-13-1-5-17-23-18(6-2-14(10-32)21(13)23)28-25-26-29(36-35-27(17)25)19-7-3-15(11-33)22-16(12-34)4-8-20(24(19)22)30(26)38-37-28/h1-8H. The number of rotatable bonds is 0. The van der Waals surface area contributed by atoms with Gasteiger partial charge in [0.2, 0.25) is 0 Å². The van der Waals surface area contributed by atoms with E-state index in [1.54, 1.807) is 24.3 Å². The maximum atomic E-state index is 9.77. The van der Waals surface area contributed by atoms with E-state index in [0.29, 0.717) is 55.1 Å². The van der Waals surface area contributed by atoms with Crippen molar-refractivity contribution in [3.8, 4) is 24.3 Å². The summed E-state index contributed by atoms with van der Waals surface area (Å²) in [7, 11) is 0. The lowest BCUT2D eigenvalue weighted by molar-refractivity contribution is 1.11. The van der Waals surface area contributed by atoms with Gasteiger partial charge in [0.1, 0.15) is 22.1 Å². The molecular weight excluding hydrogens is 472 g/mol. The number of hydrogen-bond donors (Lipinski definition) is 0. The second kappa shape index (κ2) is 6.71. The van der Waals surface area contributed by atoms with Crippen molar-refractivity contribution in [3.63, 3.8) is 0 Å². The van der Waals surface area contributed by atoms with E-state index in [-0.39, 0.29) is 0 Å². The summed E-state index contributed by atoms with van der Waals surface area (Å²) in [6.45, 7) is 0. The molecule has 0 aliphatic rings. The van der Waals surface area contributed by atoms with E-state index in [0.717, 1.165) is 43.1 Å². The lowest BCUT2D eigenvalue weighted by Gasteiger charge is -2.17. The zero-order valence-corrected chi connectivity index (χ0v) is 19.2. The predicted octanol–water partition coefficient (Wildman–Crippen LogP) is 5.70. The Morgan fingerprint density at radius 1 is 0.342 bits per heavy atom. The molecule has 0 N–H and O–H groups in total. The highest BCUT2D eigenvalue weighted by Gasteiger charge is 2.25. The smallest absolute Gasteiger partial charge is 0.104 e. The maximum absolute atomic E-state index is 9.77. The minimum atomic E-state index is 0.402. The lowest BCUT2D eigenvalue weighted by atomic mass is 9.88. The summed E-state index contributed by atoms with van der Waals surface area (Å²) in [6, 6.07) is 23.0. The molecule has 0 saturated heterocycles. The fraction of sp³-hybridized carbons (Fsp3) is 0. The molecule has 6 aromatic carbocycles. The predicted molar refractivity (Wildman–Crippen MR) is 141 cm³/mol. The van der Waals surface area contributed by atoms with Gasteiger partial charge in [-0.1, -0.05) is 24.3 Å². The lowest BCUT2D eigenvalue weighted by Crippen LogP contribution is -2.01. The molecule has 0 fully saturated rings. The fourth-order valence-electron chi connectivity index (χ4n) is 6.01. The topological polar surface area (TPSA) is 147 Å². The zero-order chi connectivity index (χ0) is 25.7. The van der Waals surface area contributed by atoms with Crippen molar-refractivity contribution >= 4 is 75.9 Å². The highest BCUT2D eigenvalue weighted by atomic mass is 15.1. The molecular formula is C30H8N8. The van der Waals surface area contributed by atoms with Gasteiger partial charge in [0, 0.05) is 53.9 Å². The van der Waals surface area contributed by atoms with Gasteiger partial charge < -0.3 is 0 Å². The van der Waals surface area contributed by atoms with Crippen LogP contribution in [0.4, 0.5) is 0 Å². The highest BCUT2D eigenvalue weighted by molar-refractivity contribution is 6.39. The first-order valence-electron chi connectivity index (χ1n) is 11.6. The van der Waals surface area contributed by atoms with Gasteiger partial charge in [0.25, 0.3) is 0 Å². The molecule has 8 rings (SSSR count). The fourth-order valence-corrected chi connectivity index (χ4v) is 6.01. The Morgan fingerprint density at radius 3 is 0.842 bits per heavy atom. The van der Waals surface area contributed by atoms with Gasteiger partial charge in [-0.2, -0.15) is 21.0 Å². The number of nitriles is 4. The third kappa shape index (κ3) is 2.12. The molecule has 0 amide bonds. The average Bonchev–Trinajstić information content (AvgIpc) is 2.98. The summed E-state index contributed by atoms with van der Waals surface area (Å²) in [6.07, 6.45) is 0.